The van der Waals surface area contributed by atoms with Crippen molar-refractivity contribution in [2.75, 3.05) is 11.9 Å². The van der Waals surface area contributed by atoms with Crippen LogP contribution in [-0.2, 0) is 6.42 Å². The van der Waals surface area contributed by atoms with Crippen molar-refractivity contribution < 1.29 is 9.53 Å². The molecule has 3 nitrogen and oxygen atoms in total. The highest BCUT2D eigenvalue weighted by Gasteiger charge is 2.18. The third-order valence-corrected chi connectivity index (χ3v) is 5.68. The van der Waals surface area contributed by atoms with Crippen LogP contribution in [0.4, 0.5) is 5.69 Å². The van der Waals surface area contributed by atoms with Gasteiger partial charge in [0.25, 0.3) is 5.91 Å². The molecule has 0 bridgehead atoms. The Bertz CT molecular complexity index is 1010. The van der Waals surface area contributed by atoms with Crippen molar-refractivity contribution in [2.24, 2.45) is 0 Å². The van der Waals surface area contributed by atoms with Crippen LogP contribution in [0.5, 0.6) is 5.75 Å². The van der Waals surface area contributed by atoms with Crippen molar-refractivity contribution in [3.8, 4) is 16.9 Å². The van der Waals surface area contributed by atoms with E-state index in [2.05, 4.69) is 48.6 Å². The molecular weight excluding hydrogens is 370 g/mol. The van der Waals surface area contributed by atoms with E-state index in [1.807, 2.05) is 30.3 Å². The number of hydrogen-bond acceptors (Lipinski definition) is 2. The van der Waals surface area contributed by atoms with E-state index in [9.17, 15) is 4.79 Å². The van der Waals surface area contributed by atoms with Gasteiger partial charge in [-0.2, -0.15) is 0 Å². The number of fused-ring (bicyclic) bond motifs is 3. The van der Waals surface area contributed by atoms with Gasteiger partial charge in [0.05, 0.1) is 6.61 Å². The summed E-state index contributed by atoms with van der Waals surface area (Å²) in [5.41, 5.74) is 6.63. The standard InChI is InChI=1S/C27H29NO2/c1-2-3-4-5-8-17-30-24-14-11-20(12-15-24)27(29)28-23-13-16-26-22(19-23)18-21-9-6-7-10-25(21)26/h6-7,9-16,19H,2-5,8,17-18H2,1H3,(H,28,29). The molecule has 154 valence electrons. The van der Waals surface area contributed by atoms with Gasteiger partial charge >= 0.3 is 0 Å². The quantitative estimate of drug-likeness (QED) is 0.312. The molecule has 1 aliphatic carbocycles. The molecular formula is C27H29NO2. The predicted octanol–water partition coefficient (Wildman–Crippen LogP) is 6.86. The fourth-order valence-electron chi connectivity index (χ4n) is 4.02. The van der Waals surface area contributed by atoms with Crippen LogP contribution >= 0.6 is 0 Å². The van der Waals surface area contributed by atoms with E-state index in [-0.39, 0.29) is 5.91 Å². The molecule has 0 heterocycles. The molecule has 0 fully saturated rings. The van der Waals surface area contributed by atoms with E-state index in [1.54, 1.807) is 0 Å². The van der Waals surface area contributed by atoms with E-state index in [1.165, 1.54) is 47.9 Å². The summed E-state index contributed by atoms with van der Waals surface area (Å²) in [5, 5.41) is 3.03. The summed E-state index contributed by atoms with van der Waals surface area (Å²) >= 11 is 0. The minimum Gasteiger partial charge on any atom is -0.494 e. The van der Waals surface area contributed by atoms with Gasteiger partial charge in [0.2, 0.25) is 0 Å². The van der Waals surface area contributed by atoms with Crippen molar-refractivity contribution in [1.29, 1.82) is 0 Å². The first kappa shape index (κ1) is 20.2. The van der Waals surface area contributed by atoms with Crippen molar-refractivity contribution >= 4 is 11.6 Å². The number of carbonyl (C=O) groups excluding carboxylic acids is 1. The summed E-state index contributed by atoms with van der Waals surface area (Å²) in [6, 6.07) is 22.1. The molecule has 0 saturated carbocycles. The summed E-state index contributed by atoms with van der Waals surface area (Å²) < 4.78 is 5.79. The zero-order valence-electron chi connectivity index (χ0n) is 17.6. The smallest absolute Gasteiger partial charge is 0.255 e. The largest absolute Gasteiger partial charge is 0.494 e. The zero-order valence-corrected chi connectivity index (χ0v) is 17.6. The molecule has 3 aromatic carbocycles. The predicted molar refractivity (Wildman–Crippen MR) is 123 cm³/mol. The summed E-state index contributed by atoms with van der Waals surface area (Å²) in [7, 11) is 0. The second-order valence-electron chi connectivity index (χ2n) is 7.95. The van der Waals surface area contributed by atoms with Gasteiger partial charge in [-0.15, -0.1) is 0 Å². The van der Waals surface area contributed by atoms with Gasteiger partial charge < -0.3 is 10.1 Å². The Hall–Kier alpha value is -3.07. The number of ether oxygens (including phenoxy) is 1. The van der Waals surface area contributed by atoms with E-state index in [0.29, 0.717) is 5.56 Å². The van der Waals surface area contributed by atoms with Crippen molar-refractivity contribution in [3.05, 3.63) is 83.4 Å². The molecule has 0 atom stereocenters. The molecule has 4 rings (SSSR count). The number of benzene rings is 3. The zero-order chi connectivity index (χ0) is 20.8. The van der Waals surface area contributed by atoms with Gasteiger partial charge in [-0.05, 0) is 71.5 Å². The Morgan fingerprint density at radius 2 is 1.63 bits per heavy atom. The van der Waals surface area contributed by atoms with Crippen LogP contribution in [0.25, 0.3) is 11.1 Å². The molecule has 0 saturated heterocycles. The van der Waals surface area contributed by atoms with E-state index < -0.39 is 0 Å². The topological polar surface area (TPSA) is 38.3 Å². The Morgan fingerprint density at radius 1 is 0.867 bits per heavy atom. The second-order valence-corrected chi connectivity index (χ2v) is 7.95. The van der Waals surface area contributed by atoms with Crippen LogP contribution < -0.4 is 10.1 Å². The molecule has 0 unspecified atom stereocenters. The molecule has 0 aliphatic heterocycles. The van der Waals surface area contributed by atoms with Gasteiger partial charge in [-0.1, -0.05) is 62.9 Å². The normalized spacial score (nSPS) is 11.6. The Labute approximate surface area is 179 Å². The van der Waals surface area contributed by atoms with Gasteiger partial charge in [-0.25, -0.2) is 0 Å². The van der Waals surface area contributed by atoms with Gasteiger partial charge in [0.15, 0.2) is 0 Å². The maximum atomic E-state index is 12.7. The van der Waals surface area contributed by atoms with Crippen molar-refractivity contribution in [1.82, 2.24) is 0 Å². The number of anilines is 1. The Balaban J connectivity index is 1.32. The molecule has 3 aromatic rings. The minimum absolute atomic E-state index is 0.100. The maximum absolute atomic E-state index is 12.7. The molecule has 1 amide bonds. The third-order valence-electron chi connectivity index (χ3n) is 5.68. The number of unbranched alkanes of at least 4 members (excludes halogenated alkanes) is 4. The van der Waals surface area contributed by atoms with Crippen LogP contribution in [-0.4, -0.2) is 12.5 Å². The average molecular weight is 400 g/mol. The molecule has 30 heavy (non-hydrogen) atoms. The first-order valence-corrected chi connectivity index (χ1v) is 11.0. The third kappa shape index (κ3) is 4.73. The van der Waals surface area contributed by atoms with Crippen LogP contribution in [0.15, 0.2) is 66.7 Å². The van der Waals surface area contributed by atoms with Crippen LogP contribution in [0.1, 0.15) is 60.5 Å². The highest BCUT2D eigenvalue weighted by atomic mass is 16.5. The second kappa shape index (κ2) is 9.62. The van der Waals surface area contributed by atoms with Crippen molar-refractivity contribution in [3.63, 3.8) is 0 Å². The van der Waals surface area contributed by atoms with Crippen molar-refractivity contribution in [2.45, 2.75) is 45.4 Å². The lowest BCUT2D eigenvalue weighted by Crippen LogP contribution is -2.12. The first-order chi connectivity index (χ1) is 14.7. The van der Waals surface area contributed by atoms with Crippen LogP contribution in [0.2, 0.25) is 0 Å². The number of hydrogen-bond donors (Lipinski definition) is 1. The molecule has 1 aliphatic rings. The summed E-state index contributed by atoms with van der Waals surface area (Å²) in [6.45, 7) is 2.95. The van der Waals surface area contributed by atoms with Gasteiger partial charge in [0, 0.05) is 11.3 Å². The van der Waals surface area contributed by atoms with Crippen LogP contribution in [0.3, 0.4) is 0 Å². The number of amides is 1. The first-order valence-electron chi connectivity index (χ1n) is 11.0. The average Bonchev–Trinajstić information content (AvgIpc) is 3.14. The molecule has 0 aromatic heterocycles. The van der Waals surface area contributed by atoms with E-state index >= 15 is 0 Å². The lowest BCUT2D eigenvalue weighted by atomic mass is 10.1. The summed E-state index contributed by atoms with van der Waals surface area (Å²) in [4.78, 5) is 12.7. The Morgan fingerprint density at radius 3 is 2.47 bits per heavy atom. The fraction of sp³-hybridized carbons (Fsp3) is 0.296. The number of carbonyl (C=O) groups is 1. The fourth-order valence-corrected chi connectivity index (χ4v) is 4.02. The molecule has 3 heteroatoms. The van der Waals surface area contributed by atoms with Gasteiger partial charge in [0.1, 0.15) is 5.75 Å². The van der Waals surface area contributed by atoms with E-state index in [0.717, 1.165) is 30.9 Å². The summed E-state index contributed by atoms with van der Waals surface area (Å²) in [6.07, 6.45) is 7.02. The SMILES string of the molecule is CCCCCCCOc1ccc(C(=O)Nc2ccc3c(c2)Cc2ccccc2-3)cc1. The number of rotatable bonds is 9. The maximum Gasteiger partial charge on any atom is 0.255 e. The molecule has 0 radical (unpaired) electrons. The minimum atomic E-state index is -0.100. The molecule has 1 N–H and O–H groups in total. The lowest BCUT2D eigenvalue weighted by molar-refractivity contribution is 0.102. The van der Waals surface area contributed by atoms with Crippen LogP contribution in [0, 0.1) is 0 Å². The highest BCUT2D eigenvalue weighted by molar-refractivity contribution is 6.04. The van der Waals surface area contributed by atoms with Gasteiger partial charge in [-0.3, -0.25) is 4.79 Å². The Kier molecular flexibility index (Phi) is 6.48. The highest BCUT2D eigenvalue weighted by Crippen LogP contribution is 2.37. The summed E-state index contributed by atoms with van der Waals surface area (Å²) in [5.74, 6) is 0.717. The monoisotopic (exact) mass is 399 g/mol. The molecule has 0 spiro atoms. The van der Waals surface area contributed by atoms with E-state index in [4.69, 9.17) is 4.74 Å². The number of nitrogens with one attached hydrogen (secondary N) is 1. The lowest BCUT2D eigenvalue weighted by Gasteiger charge is -2.09.